The van der Waals surface area contributed by atoms with Crippen LogP contribution in [0.1, 0.15) is 21.2 Å². The number of Topliss-reactive ketones (excluding diaryl/α,β-unsaturated/α-hetero) is 1. The molecule has 1 unspecified atom stereocenters. The summed E-state index contributed by atoms with van der Waals surface area (Å²) < 4.78 is 0. The first-order valence-electron chi connectivity index (χ1n) is 4.80. The molecule has 1 aromatic heterocycles. The highest BCUT2D eigenvalue weighted by molar-refractivity contribution is 7.11. The van der Waals surface area contributed by atoms with Gasteiger partial charge in [0.2, 0.25) is 0 Å². The Balaban J connectivity index is 2.32. The molecule has 17 heavy (non-hydrogen) atoms. The predicted octanol–water partition coefficient (Wildman–Crippen LogP) is 3.29. The van der Waals surface area contributed by atoms with Crippen molar-refractivity contribution in [2.45, 2.75) is 5.92 Å². The predicted molar refractivity (Wildman–Crippen MR) is 66.3 cm³/mol. The molecule has 0 aliphatic heterocycles. The van der Waals surface area contributed by atoms with Crippen molar-refractivity contribution in [3.05, 3.63) is 51.4 Å². The average molecular weight is 263 g/mol. The first-order chi connectivity index (χ1) is 8.22. The second-order valence-electron chi connectivity index (χ2n) is 3.34. The molecular weight excluding hydrogens is 256 g/mol. The highest BCUT2D eigenvalue weighted by Crippen LogP contribution is 2.23. The molecule has 2 rings (SSSR count). The largest absolute Gasteiger partial charge is 0.291 e. The fourth-order valence-corrected chi connectivity index (χ4v) is 2.14. The van der Waals surface area contributed by atoms with Crippen LogP contribution in [0, 0.1) is 11.3 Å². The van der Waals surface area contributed by atoms with Crippen LogP contribution in [0.25, 0.3) is 0 Å². The number of nitrogens with zero attached hydrogens (tertiary/aromatic N) is 2. The molecule has 1 aromatic carbocycles. The fraction of sp³-hybridized carbons (Fsp3) is 0.0833. The molecule has 0 fully saturated rings. The molecule has 0 aliphatic rings. The second-order valence-corrected chi connectivity index (χ2v) is 4.67. The molecule has 0 amide bonds. The quantitative estimate of drug-likeness (QED) is 0.798. The molecule has 84 valence electrons. The Hall–Kier alpha value is -1.70. The molecule has 5 heteroatoms. The number of hydrogen-bond acceptors (Lipinski definition) is 4. The van der Waals surface area contributed by atoms with Crippen molar-refractivity contribution in [1.82, 2.24) is 4.98 Å². The van der Waals surface area contributed by atoms with Gasteiger partial charge in [-0.3, -0.25) is 9.78 Å². The van der Waals surface area contributed by atoms with Crippen LogP contribution in [0.3, 0.4) is 0 Å². The van der Waals surface area contributed by atoms with Gasteiger partial charge >= 0.3 is 0 Å². The molecule has 1 atom stereocenters. The van der Waals surface area contributed by atoms with Gasteiger partial charge in [-0.05, 0) is 17.7 Å². The van der Waals surface area contributed by atoms with E-state index in [2.05, 4.69) is 4.98 Å². The van der Waals surface area contributed by atoms with Crippen molar-refractivity contribution < 1.29 is 4.79 Å². The van der Waals surface area contributed by atoms with E-state index in [4.69, 9.17) is 16.9 Å². The molecule has 3 nitrogen and oxygen atoms in total. The van der Waals surface area contributed by atoms with Crippen LogP contribution in [0.4, 0.5) is 0 Å². The summed E-state index contributed by atoms with van der Waals surface area (Å²) in [7, 11) is 0. The van der Waals surface area contributed by atoms with Crippen molar-refractivity contribution in [2.75, 3.05) is 0 Å². The van der Waals surface area contributed by atoms with Crippen molar-refractivity contribution in [1.29, 1.82) is 5.26 Å². The van der Waals surface area contributed by atoms with E-state index < -0.39 is 5.92 Å². The summed E-state index contributed by atoms with van der Waals surface area (Å²) in [6.45, 7) is 0. The van der Waals surface area contributed by atoms with Crippen LogP contribution in [-0.2, 0) is 0 Å². The van der Waals surface area contributed by atoms with Gasteiger partial charge in [-0.1, -0.05) is 23.7 Å². The Labute approximate surface area is 107 Å². The van der Waals surface area contributed by atoms with Gasteiger partial charge in [0.15, 0.2) is 5.78 Å². The number of hydrogen-bond donors (Lipinski definition) is 0. The topological polar surface area (TPSA) is 53.8 Å². The van der Waals surface area contributed by atoms with Gasteiger partial charge in [-0.25, -0.2) is 0 Å². The van der Waals surface area contributed by atoms with Gasteiger partial charge in [0.25, 0.3) is 0 Å². The number of ketones is 1. The lowest BCUT2D eigenvalue weighted by Crippen LogP contribution is -2.09. The minimum atomic E-state index is -0.798. The van der Waals surface area contributed by atoms with E-state index in [0.29, 0.717) is 15.5 Å². The molecule has 0 radical (unpaired) electrons. The Kier molecular flexibility index (Phi) is 3.52. The molecule has 0 aliphatic carbocycles. The molecule has 1 heterocycles. The summed E-state index contributed by atoms with van der Waals surface area (Å²) in [6, 6.07) is 8.73. The molecule has 0 N–H and O–H groups in total. The zero-order valence-electron chi connectivity index (χ0n) is 8.63. The van der Waals surface area contributed by atoms with Crippen LogP contribution in [0.2, 0.25) is 5.02 Å². The zero-order valence-corrected chi connectivity index (χ0v) is 10.2. The third-order valence-corrected chi connectivity index (χ3v) is 3.31. The molecule has 0 spiro atoms. The maximum atomic E-state index is 12.0. The maximum Gasteiger partial charge on any atom is 0.195 e. The second kappa shape index (κ2) is 5.09. The summed E-state index contributed by atoms with van der Waals surface area (Å²) in [5, 5.41) is 9.68. The van der Waals surface area contributed by atoms with Crippen molar-refractivity contribution in [2.24, 2.45) is 0 Å². The van der Waals surface area contributed by atoms with Gasteiger partial charge < -0.3 is 0 Å². The van der Waals surface area contributed by atoms with Crippen LogP contribution in [-0.4, -0.2) is 10.8 Å². The smallest absolute Gasteiger partial charge is 0.195 e. The van der Waals surface area contributed by atoms with Crippen molar-refractivity contribution in [3.8, 4) is 6.07 Å². The Morgan fingerprint density at radius 3 is 2.65 bits per heavy atom. The van der Waals surface area contributed by atoms with E-state index in [1.165, 1.54) is 17.5 Å². The molecular formula is C12H7ClN2OS. The number of aromatic nitrogens is 1. The summed E-state index contributed by atoms with van der Waals surface area (Å²) >= 11 is 7.00. The van der Waals surface area contributed by atoms with Crippen LogP contribution in [0.15, 0.2) is 36.0 Å². The number of halogens is 1. The van der Waals surface area contributed by atoms with Crippen molar-refractivity contribution in [3.63, 3.8) is 0 Å². The lowest BCUT2D eigenvalue weighted by molar-refractivity contribution is 0.0982. The Morgan fingerprint density at radius 1 is 1.41 bits per heavy atom. The lowest BCUT2D eigenvalue weighted by atomic mass is 9.96. The summed E-state index contributed by atoms with van der Waals surface area (Å²) in [5.74, 6) is -1.02. The van der Waals surface area contributed by atoms with E-state index in [1.54, 1.807) is 29.8 Å². The number of rotatable bonds is 3. The van der Waals surface area contributed by atoms with Crippen LogP contribution < -0.4 is 0 Å². The lowest BCUT2D eigenvalue weighted by Gasteiger charge is -2.06. The normalized spacial score (nSPS) is 11.8. The maximum absolute atomic E-state index is 12.0. The van der Waals surface area contributed by atoms with E-state index >= 15 is 0 Å². The zero-order chi connectivity index (χ0) is 12.3. The number of carbonyl (C=O) groups excluding carboxylic acids is 1. The third kappa shape index (κ3) is 2.52. The highest BCUT2D eigenvalue weighted by atomic mass is 35.5. The van der Waals surface area contributed by atoms with Crippen LogP contribution >= 0.6 is 22.9 Å². The van der Waals surface area contributed by atoms with E-state index in [-0.39, 0.29) is 5.78 Å². The standard InChI is InChI=1S/C12H7ClN2OS/c13-9-3-1-8(2-4-9)10(5-14)12(16)11-6-15-7-17-11/h1-4,6-7,10H. The number of nitriles is 1. The fourth-order valence-electron chi connectivity index (χ4n) is 1.42. The third-order valence-electron chi connectivity index (χ3n) is 2.27. The first-order valence-corrected chi connectivity index (χ1v) is 6.06. The number of thiazole rings is 1. The summed E-state index contributed by atoms with van der Waals surface area (Å²) in [4.78, 5) is 16.4. The molecule has 0 saturated carbocycles. The van der Waals surface area contributed by atoms with Crippen LogP contribution in [0.5, 0.6) is 0 Å². The average Bonchev–Trinajstić information content (AvgIpc) is 2.86. The monoisotopic (exact) mass is 262 g/mol. The minimum absolute atomic E-state index is 0.225. The SMILES string of the molecule is N#CC(C(=O)c1cncs1)c1ccc(Cl)cc1. The van der Waals surface area contributed by atoms with Gasteiger partial charge in [0.05, 0.1) is 16.5 Å². The first kappa shape index (κ1) is 11.8. The summed E-state index contributed by atoms with van der Waals surface area (Å²) in [5.41, 5.74) is 2.22. The number of carbonyl (C=O) groups is 1. The molecule has 2 aromatic rings. The van der Waals surface area contributed by atoms with Gasteiger partial charge in [-0.2, -0.15) is 5.26 Å². The van der Waals surface area contributed by atoms with Gasteiger partial charge in [0, 0.05) is 11.2 Å². The minimum Gasteiger partial charge on any atom is -0.291 e. The van der Waals surface area contributed by atoms with Crippen molar-refractivity contribution >= 4 is 28.7 Å². The van der Waals surface area contributed by atoms with Gasteiger partial charge in [-0.15, -0.1) is 11.3 Å². The summed E-state index contributed by atoms with van der Waals surface area (Å²) in [6.07, 6.45) is 1.48. The number of benzene rings is 1. The van der Waals surface area contributed by atoms with E-state index in [9.17, 15) is 4.79 Å². The van der Waals surface area contributed by atoms with Gasteiger partial charge in [0.1, 0.15) is 5.92 Å². The Bertz CT molecular complexity index is 557. The van der Waals surface area contributed by atoms with E-state index in [0.717, 1.165) is 0 Å². The Morgan fingerprint density at radius 2 is 2.12 bits per heavy atom. The molecule has 0 bridgehead atoms. The molecule has 0 saturated heterocycles. The van der Waals surface area contributed by atoms with E-state index in [1.807, 2.05) is 6.07 Å². The highest BCUT2D eigenvalue weighted by Gasteiger charge is 2.22.